The van der Waals surface area contributed by atoms with E-state index in [1.54, 1.807) is 0 Å². The molecule has 0 atom stereocenters. The lowest BCUT2D eigenvalue weighted by Crippen LogP contribution is -2.30. The van der Waals surface area contributed by atoms with Crippen LogP contribution in [-0.2, 0) is 0 Å². The third kappa shape index (κ3) is 4.15. The van der Waals surface area contributed by atoms with Crippen LogP contribution in [-0.4, -0.2) is 18.2 Å². The van der Waals surface area contributed by atoms with E-state index in [1.165, 1.54) is 24.9 Å². The van der Waals surface area contributed by atoms with Gasteiger partial charge in [0.05, 0.1) is 22.1 Å². The summed E-state index contributed by atoms with van der Waals surface area (Å²) in [6.07, 6.45) is 3.81. The molecule has 0 amide bonds. The number of hydrogen-bond acceptors (Lipinski definition) is 2. The van der Waals surface area contributed by atoms with Crippen molar-refractivity contribution in [2.24, 2.45) is 0 Å². The molecule has 2 aromatic rings. The van der Waals surface area contributed by atoms with Crippen LogP contribution in [0.5, 0.6) is 0 Å². The summed E-state index contributed by atoms with van der Waals surface area (Å²) >= 11 is 11.6. The number of halogens is 1. The van der Waals surface area contributed by atoms with E-state index in [1.807, 2.05) is 30.3 Å². The van der Waals surface area contributed by atoms with Gasteiger partial charge in [0.15, 0.2) is 5.11 Å². The second-order valence-electron chi connectivity index (χ2n) is 5.62. The number of piperidine rings is 1. The maximum absolute atomic E-state index is 6.17. The standard InChI is InChI=1S/C18H20ClN3S/c19-14-8-2-3-9-15(14)20-18(23)21-16-10-4-5-11-17(16)22-12-6-1-7-13-22/h2-5,8-11H,1,6-7,12-13H2,(H2,20,21,23). The van der Waals surface area contributed by atoms with Gasteiger partial charge in [-0.2, -0.15) is 0 Å². The van der Waals surface area contributed by atoms with E-state index >= 15 is 0 Å². The van der Waals surface area contributed by atoms with Gasteiger partial charge in [0.25, 0.3) is 0 Å². The zero-order valence-electron chi connectivity index (χ0n) is 12.9. The number of para-hydroxylation sites is 3. The maximum Gasteiger partial charge on any atom is 0.175 e. The molecule has 1 heterocycles. The average molecular weight is 346 g/mol. The molecular formula is C18H20ClN3S. The third-order valence-electron chi connectivity index (χ3n) is 3.97. The fourth-order valence-electron chi connectivity index (χ4n) is 2.83. The molecule has 0 bridgehead atoms. The second kappa shape index (κ2) is 7.66. The van der Waals surface area contributed by atoms with Gasteiger partial charge in [-0.1, -0.05) is 35.9 Å². The van der Waals surface area contributed by atoms with Gasteiger partial charge in [-0.15, -0.1) is 0 Å². The fourth-order valence-corrected chi connectivity index (χ4v) is 3.23. The van der Waals surface area contributed by atoms with E-state index in [-0.39, 0.29) is 0 Å². The van der Waals surface area contributed by atoms with Gasteiger partial charge in [0.1, 0.15) is 0 Å². The van der Waals surface area contributed by atoms with Gasteiger partial charge >= 0.3 is 0 Å². The lowest BCUT2D eigenvalue weighted by Gasteiger charge is -2.30. The number of thiocarbonyl (C=S) groups is 1. The molecular weight excluding hydrogens is 326 g/mol. The zero-order valence-corrected chi connectivity index (χ0v) is 14.5. The number of benzene rings is 2. The average Bonchev–Trinajstić information content (AvgIpc) is 2.58. The van der Waals surface area contributed by atoms with Gasteiger partial charge in [-0.05, 0) is 55.7 Å². The summed E-state index contributed by atoms with van der Waals surface area (Å²) in [7, 11) is 0. The van der Waals surface area contributed by atoms with Crippen molar-refractivity contribution in [1.29, 1.82) is 0 Å². The first-order valence-electron chi connectivity index (χ1n) is 7.90. The SMILES string of the molecule is S=C(Nc1ccccc1Cl)Nc1ccccc1N1CCCCC1. The summed E-state index contributed by atoms with van der Waals surface area (Å²) < 4.78 is 0. The summed E-state index contributed by atoms with van der Waals surface area (Å²) in [5.41, 5.74) is 3.04. The Morgan fingerprint density at radius 3 is 2.22 bits per heavy atom. The van der Waals surface area contributed by atoms with Crippen LogP contribution >= 0.6 is 23.8 Å². The Bertz CT molecular complexity index is 683. The minimum Gasteiger partial charge on any atom is -0.370 e. The van der Waals surface area contributed by atoms with Crippen molar-refractivity contribution < 1.29 is 0 Å². The Kier molecular flexibility index (Phi) is 5.36. The summed E-state index contributed by atoms with van der Waals surface area (Å²) in [6.45, 7) is 2.20. The number of nitrogens with zero attached hydrogens (tertiary/aromatic N) is 1. The highest BCUT2D eigenvalue weighted by Gasteiger charge is 2.14. The lowest BCUT2D eigenvalue weighted by atomic mass is 10.1. The van der Waals surface area contributed by atoms with E-state index in [4.69, 9.17) is 23.8 Å². The van der Waals surface area contributed by atoms with Crippen LogP contribution in [0, 0.1) is 0 Å². The zero-order chi connectivity index (χ0) is 16.1. The minimum atomic E-state index is 0.544. The van der Waals surface area contributed by atoms with Crippen molar-refractivity contribution >= 4 is 46.0 Å². The first-order valence-corrected chi connectivity index (χ1v) is 8.69. The molecule has 0 unspecified atom stereocenters. The molecule has 0 aliphatic carbocycles. The van der Waals surface area contributed by atoms with E-state index in [0.29, 0.717) is 10.1 Å². The largest absolute Gasteiger partial charge is 0.370 e. The lowest BCUT2D eigenvalue weighted by molar-refractivity contribution is 0.578. The topological polar surface area (TPSA) is 27.3 Å². The van der Waals surface area contributed by atoms with Crippen LogP contribution < -0.4 is 15.5 Å². The van der Waals surface area contributed by atoms with Crippen LogP contribution in [0.2, 0.25) is 5.02 Å². The van der Waals surface area contributed by atoms with Crippen molar-refractivity contribution in [1.82, 2.24) is 0 Å². The van der Waals surface area contributed by atoms with E-state index in [2.05, 4.69) is 33.7 Å². The van der Waals surface area contributed by atoms with Crippen molar-refractivity contribution in [3.05, 3.63) is 53.6 Å². The first kappa shape index (κ1) is 16.1. The van der Waals surface area contributed by atoms with Crippen molar-refractivity contribution in [2.75, 3.05) is 28.6 Å². The quantitative estimate of drug-likeness (QED) is 0.753. The summed E-state index contributed by atoms with van der Waals surface area (Å²) in [6, 6.07) is 15.9. The van der Waals surface area contributed by atoms with E-state index < -0.39 is 0 Å². The van der Waals surface area contributed by atoms with Crippen molar-refractivity contribution in [2.45, 2.75) is 19.3 Å². The molecule has 1 fully saturated rings. The molecule has 2 N–H and O–H groups in total. The van der Waals surface area contributed by atoms with E-state index in [9.17, 15) is 0 Å². The Balaban J connectivity index is 1.72. The number of hydrogen-bond donors (Lipinski definition) is 2. The highest BCUT2D eigenvalue weighted by Crippen LogP contribution is 2.28. The molecule has 0 aromatic heterocycles. The van der Waals surface area contributed by atoms with Crippen molar-refractivity contribution in [3.63, 3.8) is 0 Å². The van der Waals surface area contributed by atoms with Crippen LogP contribution in [0.3, 0.4) is 0 Å². The second-order valence-corrected chi connectivity index (χ2v) is 6.44. The van der Waals surface area contributed by atoms with Crippen LogP contribution in [0.25, 0.3) is 0 Å². The third-order valence-corrected chi connectivity index (χ3v) is 4.50. The molecule has 1 aliphatic heterocycles. The summed E-state index contributed by atoms with van der Waals surface area (Å²) in [4.78, 5) is 2.42. The molecule has 2 aromatic carbocycles. The molecule has 0 spiro atoms. The molecule has 3 nitrogen and oxygen atoms in total. The van der Waals surface area contributed by atoms with Crippen molar-refractivity contribution in [3.8, 4) is 0 Å². The minimum absolute atomic E-state index is 0.544. The Morgan fingerprint density at radius 1 is 0.870 bits per heavy atom. The normalized spacial score (nSPS) is 14.4. The molecule has 5 heteroatoms. The van der Waals surface area contributed by atoms with Gasteiger partial charge < -0.3 is 15.5 Å². The van der Waals surface area contributed by atoms with Gasteiger partial charge in [-0.25, -0.2) is 0 Å². The molecule has 23 heavy (non-hydrogen) atoms. The predicted molar refractivity (Wildman–Crippen MR) is 104 cm³/mol. The Hall–Kier alpha value is -1.78. The van der Waals surface area contributed by atoms with E-state index in [0.717, 1.165) is 24.5 Å². The molecule has 1 saturated heterocycles. The van der Waals surface area contributed by atoms with Gasteiger partial charge in [0.2, 0.25) is 0 Å². The Morgan fingerprint density at radius 2 is 1.48 bits per heavy atom. The summed E-state index contributed by atoms with van der Waals surface area (Å²) in [5.74, 6) is 0. The number of nitrogens with one attached hydrogen (secondary N) is 2. The predicted octanol–water partition coefficient (Wildman–Crippen LogP) is 5.14. The van der Waals surface area contributed by atoms with Gasteiger partial charge in [0, 0.05) is 13.1 Å². The highest BCUT2D eigenvalue weighted by molar-refractivity contribution is 7.80. The summed E-state index contributed by atoms with van der Waals surface area (Å²) in [5, 5.41) is 7.66. The molecule has 120 valence electrons. The molecule has 1 aliphatic rings. The molecule has 0 saturated carbocycles. The first-order chi connectivity index (χ1) is 11.2. The van der Waals surface area contributed by atoms with Crippen LogP contribution in [0.15, 0.2) is 48.5 Å². The molecule has 0 radical (unpaired) electrons. The monoisotopic (exact) mass is 345 g/mol. The van der Waals surface area contributed by atoms with Crippen LogP contribution in [0.4, 0.5) is 17.1 Å². The highest BCUT2D eigenvalue weighted by atomic mass is 35.5. The Labute approximate surface area is 147 Å². The maximum atomic E-state index is 6.17. The fraction of sp³-hybridized carbons (Fsp3) is 0.278. The smallest absolute Gasteiger partial charge is 0.175 e. The molecule has 3 rings (SSSR count). The van der Waals surface area contributed by atoms with Gasteiger partial charge in [-0.3, -0.25) is 0 Å². The van der Waals surface area contributed by atoms with Crippen LogP contribution in [0.1, 0.15) is 19.3 Å². The number of anilines is 3. The number of rotatable bonds is 3.